The fourth-order valence-electron chi connectivity index (χ4n) is 1.18. The van der Waals surface area contributed by atoms with Crippen molar-refractivity contribution in [3.63, 3.8) is 0 Å². The molecule has 1 N–H and O–H groups in total. The Balaban J connectivity index is 2.29. The zero-order chi connectivity index (χ0) is 11.5. The van der Waals surface area contributed by atoms with Gasteiger partial charge in [-0.1, -0.05) is 27.7 Å². The SMILES string of the molecule is CC(C)CCN[P+]1([O-])OCC(C)(C)CO1. The van der Waals surface area contributed by atoms with Crippen LogP contribution < -0.4 is 9.98 Å². The third kappa shape index (κ3) is 4.75. The maximum atomic E-state index is 11.9. The number of nitrogens with one attached hydrogen (secondary N) is 1. The molecule has 0 bridgehead atoms. The number of hydrogen-bond donors (Lipinski definition) is 1. The third-order valence-corrected chi connectivity index (χ3v) is 3.83. The van der Waals surface area contributed by atoms with E-state index in [0.717, 1.165) is 6.42 Å². The molecule has 4 nitrogen and oxygen atoms in total. The molecule has 1 saturated heterocycles. The third-order valence-electron chi connectivity index (χ3n) is 2.28. The van der Waals surface area contributed by atoms with Gasteiger partial charge in [0.25, 0.3) is 0 Å². The molecule has 90 valence electrons. The molecule has 0 aromatic rings. The zero-order valence-electron chi connectivity index (χ0n) is 10.1. The van der Waals surface area contributed by atoms with Gasteiger partial charge in [0.15, 0.2) is 0 Å². The summed E-state index contributed by atoms with van der Waals surface area (Å²) in [6.45, 7) is 9.97. The molecule has 1 rings (SSSR count). The second-order valence-electron chi connectivity index (χ2n) is 5.30. The van der Waals surface area contributed by atoms with Crippen LogP contribution in [0.1, 0.15) is 34.1 Å². The van der Waals surface area contributed by atoms with Gasteiger partial charge in [-0.3, -0.25) is 0 Å². The van der Waals surface area contributed by atoms with Crippen LogP contribution in [-0.4, -0.2) is 19.8 Å². The van der Waals surface area contributed by atoms with Crippen molar-refractivity contribution in [3.8, 4) is 0 Å². The predicted octanol–water partition coefficient (Wildman–Crippen LogP) is 1.73. The van der Waals surface area contributed by atoms with Gasteiger partial charge in [0.2, 0.25) is 0 Å². The van der Waals surface area contributed by atoms with E-state index >= 15 is 0 Å². The quantitative estimate of drug-likeness (QED) is 0.754. The summed E-state index contributed by atoms with van der Waals surface area (Å²) in [6, 6.07) is 0. The highest BCUT2D eigenvalue weighted by molar-refractivity contribution is 7.57. The fourth-order valence-corrected chi connectivity index (χ4v) is 2.88. The first kappa shape index (κ1) is 13.3. The Morgan fingerprint density at radius 3 is 2.33 bits per heavy atom. The molecule has 0 aromatic carbocycles. The minimum absolute atomic E-state index is 0.0341. The standard InChI is InChI=1S/C10H22NO3P/c1-9(2)5-6-11-15(12)13-7-10(3,4)8-14-15/h9H,5-8H2,1-4H3,(H,11,12). The first-order valence-electron chi connectivity index (χ1n) is 5.47. The highest BCUT2D eigenvalue weighted by atomic mass is 31.2. The van der Waals surface area contributed by atoms with Gasteiger partial charge in [0.05, 0.1) is 0 Å². The molecule has 0 spiro atoms. The van der Waals surface area contributed by atoms with E-state index in [1.54, 1.807) is 0 Å². The van der Waals surface area contributed by atoms with Gasteiger partial charge in [-0.15, -0.1) is 5.09 Å². The normalized spacial score (nSPS) is 24.4. The minimum atomic E-state index is -3.00. The molecule has 0 atom stereocenters. The summed E-state index contributed by atoms with van der Waals surface area (Å²) in [5.41, 5.74) is -0.0341. The van der Waals surface area contributed by atoms with Crippen LogP contribution in [0.3, 0.4) is 0 Å². The van der Waals surface area contributed by atoms with Crippen molar-refractivity contribution in [3.05, 3.63) is 0 Å². The van der Waals surface area contributed by atoms with Crippen LogP contribution in [0, 0.1) is 11.3 Å². The first-order chi connectivity index (χ1) is 6.83. The van der Waals surface area contributed by atoms with Gasteiger partial charge in [-0.05, 0) is 12.3 Å². The molecule has 0 saturated carbocycles. The Labute approximate surface area is 93.0 Å². The van der Waals surface area contributed by atoms with E-state index in [1.165, 1.54) is 0 Å². The lowest BCUT2D eigenvalue weighted by Gasteiger charge is -2.37. The Kier molecular flexibility index (Phi) is 4.50. The highest BCUT2D eigenvalue weighted by Crippen LogP contribution is 2.53. The average molecular weight is 235 g/mol. The summed E-state index contributed by atoms with van der Waals surface area (Å²) in [6.07, 6.45) is 0.972. The van der Waals surface area contributed by atoms with Crippen molar-refractivity contribution >= 4 is 8.09 Å². The van der Waals surface area contributed by atoms with E-state index in [1.807, 2.05) is 13.8 Å². The summed E-state index contributed by atoms with van der Waals surface area (Å²) in [5.74, 6) is 0.588. The molecule has 0 aromatic heterocycles. The van der Waals surface area contributed by atoms with Gasteiger partial charge < -0.3 is 4.89 Å². The second-order valence-corrected chi connectivity index (χ2v) is 7.13. The Morgan fingerprint density at radius 2 is 1.87 bits per heavy atom. The van der Waals surface area contributed by atoms with E-state index in [-0.39, 0.29) is 5.41 Å². The summed E-state index contributed by atoms with van der Waals surface area (Å²) >= 11 is 0. The molecular formula is C10H22NO3P. The van der Waals surface area contributed by atoms with Crippen LogP contribution in [0.2, 0.25) is 0 Å². The second kappa shape index (κ2) is 5.07. The lowest BCUT2D eigenvalue weighted by atomic mass is 9.97. The molecule has 1 heterocycles. The van der Waals surface area contributed by atoms with Crippen molar-refractivity contribution in [2.45, 2.75) is 34.1 Å². The molecular weight excluding hydrogens is 213 g/mol. The van der Waals surface area contributed by atoms with Gasteiger partial charge in [0.1, 0.15) is 13.2 Å². The molecule has 0 radical (unpaired) electrons. The number of rotatable bonds is 4. The smallest absolute Gasteiger partial charge is 0.312 e. The van der Waals surface area contributed by atoms with Crippen molar-refractivity contribution in [2.24, 2.45) is 11.3 Å². The van der Waals surface area contributed by atoms with Gasteiger partial charge in [-0.25, -0.2) is 0 Å². The minimum Gasteiger partial charge on any atom is -0.616 e. The average Bonchev–Trinajstić information content (AvgIpc) is 2.11. The molecule has 15 heavy (non-hydrogen) atoms. The molecule has 0 unspecified atom stereocenters. The zero-order valence-corrected chi connectivity index (χ0v) is 11.0. The summed E-state index contributed by atoms with van der Waals surface area (Å²) in [5, 5.41) is 2.88. The Hall–Kier alpha value is 0.270. The van der Waals surface area contributed by atoms with Crippen LogP contribution in [0.4, 0.5) is 0 Å². The van der Waals surface area contributed by atoms with Crippen LogP contribution >= 0.6 is 8.09 Å². The van der Waals surface area contributed by atoms with Crippen molar-refractivity contribution in [1.29, 1.82) is 0 Å². The van der Waals surface area contributed by atoms with E-state index < -0.39 is 8.09 Å². The van der Waals surface area contributed by atoms with E-state index in [0.29, 0.717) is 25.7 Å². The molecule has 1 aliphatic rings. The van der Waals surface area contributed by atoms with Crippen molar-refractivity contribution in [2.75, 3.05) is 19.8 Å². The summed E-state index contributed by atoms with van der Waals surface area (Å²) in [4.78, 5) is 11.9. The lowest BCUT2D eigenvalue weighted by Crippen LogP contribution is -2.40. The maximum Gasteiger partial charge on any atom is 0.312 e. The number of hydrogen-bond acceptors (Lipinski definition) is 4. The van der Waals surface area contributed by atoms with Gasteiger partial charge >= 0.3 is 8.09 Å². The van der Waals surface area contributed by atoms with Gasteiger partial charge in [-0.2, -0.15) is 9.05 Å². The maximum absolute atomic E-state index is 11.9. The highest BCUT2D eigenvalue weighted by Gasteiger charge is 2.40. The first-order valence-corrected chi connectivity index (χ1v) is 7.01. The molecule has 0 amide bonds. The van der Waals surface area contributed by atoms with Crippen LogP contribution in [0.25, 0.3) is 0 Å². The topological polar surface area (TPSA) is 53.5 Å². The predicted molar refractivity (Wildman–Crippen MR) is 60.1 cm³/mol. The van der Waals surface area contributed by atoms with Crippen molar-refractivity contribution < 1.29 is 13.9 Å². The van der Waals surface area contributed by atoms with Gasteiger partial charge in [0, 0.05) is 12.0 Å². The molecule has 0 aliphatic carbocycles. The largest absolute Gasteiger partial charge is 0.616 e. The van der Waals surface area contributed by atoms with E-state index in [9.17, 15) is 4.89 Å². The van der Waals surface area contributed by atoms with Crippen LogP contribution in [-0.2, 0) is 9.05 Å². The molecule has 1 fully saturated rings. The molecule has 5 heteroatoms. The summed E-state index contributed by atoms with van der Waals surface area (Å²) < 4.78 is 10.6. The molecule has 1 aliphatic heterocycles. The monoisotopic (exact) mass is 235 g/mol. The summed E-state index contributed by atoms with van der Waals surface area (Å²) in [7, 11) is -3.00. The van der Waals surface area contributed by atoms with Crippen LogP contribution in [0.15, 0.2) is 0 Å². The van der Waals surface area contributed by atoms with E-state index in [2.05, 4.69) is 18.9 Å². The fraction of sp³-hybridized carbons (Fsp3) is 1.00. The van der Waals surface area contributed by atoms with Crippen molar-refractivity contribution in [1.82, 2.24) is 5.09 Å². The lowest BCUT2D eigenvalue weighted by molar-refractivity contribution is -0.237. The Morgan fingerprint density at radius 1 is 1.33 bits per heavy atom. The Bertz CT molecular complexity index is 199. The van der Waals surface area contributed by atoms with Crippen LogP contribution in [0.5, 0.6) is 0 Å². The van der Waals surface area contributed by atoms with E-state index in [4.69, 9.17) is 9.05 Å².